The van der Waals surface area contributed by atoms with E-state index >= 15 is 0 Å². The van der Waals surface area contributed by atoms with Crippen molar-refractivity contribution < 1.29 is 46.1 Å². The van der Waals surface area contributed by atoms with Gasteiger partial charge in [0, 0.05) is 23.4 Å². The maximum atomic E-state index is 14.8. The molecule has 0 radical (unpaired) electrons. The van der Waals surface area contributed by atoms with Crippen LogP contribution in [0.2, 0.25) is 0 Å². The SMILES string of the molecule is CC(C)OC(=O)c1ccc(CCCN2C(=O)OCC[C@@H]2C=CC(O)C(F)(F)c2cccc(C(F)(F)F)c2)s1. The molecule has 6 nitrogen and oxygen atoms in total. The Morgan fingerprint density at radius 2 is 1.92 bits per heavy atom. The molecular formula is C26H28F5NO5S. The van der Waals surface area contributed by atoms with Crippen LogP contribution in [-0.2, 0) is 28.0 Å². The van der Waals surface area contributed by atoms with Crippen molar-refractivity contribution in [2.24, 2.45) is 0 Å². The normalized spacial score (nSPS) is 17.7. The second kappa shape index (κ2) is 12.2. The van der Waals surface area contributed by atoms with Gasteiger partial charge in [-0.3, -0.25) is 0 Å². The summed E-state index contributed by atoms with van der Waals surface area (Å²) < 4.78 is 78.5. The van der Waals surface area contributed by atoms with Crippen molar-refractivity contribution in [3.8, 4) is 0 Å². The molecule has 1 amide bonds. The summed E-state index contributed by atoms with van der Waals surface area (Å²) in [5, 5.41) is 10.1. The fourth-order valence-corrected chi connectivity index (χ4v) is 4.78. The summed E-state index contributed by atoms with van der Waals surface area (Å²) >= 11 is 1.28. The second-order valence-electron chi connectivity index (χ2n) is 9.02. The number of hydrogen-bond acceptors (Lipinski definition) is 6. The van der Waals surface area contributed by atoms with Crippen molar-refractivity contribution in [2.75, 3.05) is 13.2 Å². The molecule has 12 heteroatoms. The van der Waals surface area contributed by atoms with Crippen LogP contribution >= 0.6 is 11.3 Å². The topological polar surface area (TPSA) is 76.1 Å². The van der Waals surface area contributed by atoms with Gasteiger partial charge in [-0.25, -0.2) is 9.59 Å². The third kappa shape index (κ3) is 7.53. The van der Waals surface area contributed by atoms with Crippen molar-refractivity contribution in [3.05, 3.63) is 69.4 Å². The maximum absolute atomic E-state index is 14.8. The number of carbonyl (C=O) groups excluding carboxylic acids is 2. The first-order valence-electron chi connectivity index (χ1n) is 11.9. The Balaban J connectivity index is 1.63. The standard InChI is InChI=1S/C26H28F5NO5S/c1-16(2)37-23(34)21-10-9-20(38-21)7-4-13-32-19(12-14-36-24(32)35)8-11-22(33)25(27,28)17-5-3-6-18(15-17)26(29,30)31/h3,5-6,8-11,15-16,19,22,33H,4,7,12-14H2,1-2H3/t19-,22?/m0/s1. The van der Waals surface area contributed by atoms with E-state index in [2.05, 4.69) is 0 Å². The average Bonchev–Trinajstić information content (AvgIpc) is 3.32. The minimum atomic E-state index is -4.81. The number of hydrogen-bond donors (Lipinski definition) is 1. The van der Waals surface area contributed by atoms with Gasteiger partial charge in [0.05, 0.1) is 24.3 Å². The highest BCUT2D eigenvalue weighted by molar-refractivity contribution is 7.13. The number of carbonyl (C=O) groups is 2. The van der Waals surface area contributed by atoms with Crippen LogP contribution in [0.3, 0.4) is 0 Å². The zero-order valence-electron chi connectivity index (χ0n) is 20.7. The van der Waals surface area contributed by atoms with E-state index in [1.165, 1.54) is 22.3 Å². The van der Waals surface area contributed by atoms with Gasteiger partial charge in [0.1, 0.15) is 11.0 Å². The molecule has 1 N–H and O–H groups in total. The molecule has 1 fully saturated rings. The lowest BCUT2D eigenvalue weighted by Crippen LogP contribution is -2.45. The van der Waals surface area contributed by atoms with Gasteiger partial charge in [-0.05, 0) is 51.0 Å². The summed E-state index contributed by atoms with van der Waals surface area (Å²) in [4.78, 5) is 27.0. The van der Waals surface area contributed by atoms with Crippen LogP contribution in [0.1, 0.15) is 52.4 Å². The first-order valence-corrected chi connectivity index (χ1v) is 12.8. The van der Waals surface area contributed by atoms with E-state index in [0.717, 1.165) is 23.1 Å². The van der Waals surface area contributed by atoms with Crippen LogP contribution in [0.15, 0.2) is 48.6 Å². The molecule has 0 aliphatic carbocycles. The Hall–Kier alpha value is -2.99. The molecule has 1 aliphatic rings. The van der Waals surface area contributed by atoms with Crippen LogP contribution in [-0.4, -0.2) is 53.5 Å². The van der Waals surface area contributed by atoms with E-state index in [1.807, 2.05) is 0 Å². The van der Waals surface area contributed by atoms with E-state index in [4.69, 9.17) is 9.47 Å². The first-order chi connectivity index (χ1) is 17.8. The van der Waals surface area contributed by atoms with Gasteiger partial charge in [0.15, 0.2) is 0 Å². The van der Waals surface area contributed by atoms with Gasteiger partial charge in [0.2, 0.25) is 0 Å². The summed E-state index contributed by atoms with van der Waals surface area (Å²) in [7, 11) is 0. The Bertz CT molecular complexity index is 1150. The Labute approximate surface area is 220 Å². The predicted molar refractivity (Wildman–Crippen MR) is 130 cm³/mol. The fourth-order valence-electron chi connectivity index (χ4n) is 3.84. The third-order valence-electron chi connectivity index (χ3n) is 5.76. The van der Waals surface area contributed by atoms with Gasteiger partial charge in [-0.15, -0.1) is 11.3 Å². The van der Waals surface area contributed by atoms with Gasteiger partial charge in [0.25, 0.3) is 0 Å². The van der Waals surface area contributed by atoms with Gasteiger partial charge in [-0.2, -0.15) is 22.0 Å². The van der Waals surface area contributed by atoms with Gasteiger partial charge < -0.3 is 19.5 Å². The third-order valence-corrected chi connectivity index (χ3v) is 6.89. The monoisotopic (exact) mass is 561 g/mol. The molecule has 3 rings (SSSR count). The van der Waals surface area contributed by atoms with Crippen molar-refractivity contribution in [1.29, 1.82) is 0 Å². The number of benzene rings is 1. The summed E-state index contributed by atoms with van der Waals surface area (Å²) in [6.45, 7) is 3.77. The number of aryl methyl sites for hydroxylation is 1. The molecule has 0 spiro atoms. The van der Waals surface area contributed by atoms with Crippen LogP contribution in [0.25, 0.3) is 0 Å². The van der Waals surface area contributed by atoms with Crippen LogP contribution in [0.4, 0.5) is 26.7 Å². The maximum Gasteiger partial charge on any atom is 0.416 e. The smallest absolute Gasteiger partial charge is 0.416 e. The molecule has 2 heterocycles. The number of aliphatic hydroxyl groups excluding tert-OH is 1. The largest absolute Gasteiger partial charge is 0.459 e. The molecule has 2 aromatic rings. The number of halogens is 5. The summed E-state index contributed by atoms with van der Waals surface area (Å²) in [6, 6.07) is 5.45. The Kier molecular flexibility index (Phi) is 9.53. The quantitative estimate of drug-likeness (QED) is 0.213. The van der Waals surface area contributed by atoms with Crippen molar-refractivity contribution >= 4 is 23.4 Å². The van der Waals surface area contributed by atoms with E-state index < -0.39 is 47.4 Å². The molecule has 0 saturated carbocycles. The first kappa shape index (κ1) is 29.6. The second-order valence-corrected chi connectivity index (χ2v) is 10.2. The van der Waals surface area contributed by atoms with E-state index in [9.17, 15) is 36.6 Å². The highest BCUT2D eigenvalue weighted by atomic mass is 32.1. The van der Waals surface area contributed by atoms with Crippen molar-refractivity contribution in [1.82, 2.24) is 4.90 Å². The van der Waals surface area contributed by atoms with E-state index in [0.29, 0.717) is 29.9 Å². The zero-order chi connectivity index (χ0) is 28.1. The lowest BCUT2D eigenvalue weighted by atomic mass is 9.99. The number of cyclic esters (lactones) is 1. The van der Waals surface area contributed by atoms with Crippen LogP contribution in [0.5, 0.6) is 0 Å². The number of aliphatic hydroxyl groups is 1. The van der Waals surface area contributed by atoms with Crippen molar-refractivity contribution in [3.63, 3.8) is 0 Å². The summed E-state index contributed by atoms with van der Waals surface area (Å²) in [5.41, 5.74) is -2.22. The molecule has 208 valence electrons. The molecule has 1 saturated heterocycles. The number of nitrogens with zero attached hydrogens (tertiary/aromatic N) is 1. The van der Waals surface area contributed by atoms with Gasteiger partial charge in [-0.1, -0.05) is 24.3 Å². The molecule has 1 aliphatic heterocycles. The number of amides is 1. The molecule has 1 aromatic carbocycles. The lowest BCUT2D eigenvalue weighted by molar-refractivity contribution is -0.138. The van der Waals surface area contributed by atoms with E-state index in [1.54, 1.807) is 26.0 Å². The Morgan fingerprint density at radius 1 is 1.21 bits per heavy atom. The number of rotatable bonds is 10. The Morgan fingerprint density at radius 3 is 2.61 bits per heavy atom. The van der Waals surface area contributed by atoms with Crippen LogP contribution < -0.4 is 0 Å². The molecular weight excluding hydrogens is 533 g/mol. The predicted octanol–water partition coefficient (Wildman–Crippen LogP) is 6.18. The number of thiophene rings is 1. The van der Waals surface area contributed by atoms with Crippen LogP contribution in [0, 0.1) is 0 Å². The average molecular weight is 562 g/mol. The summed E-state index contributed by atoms with van der Waals surface area (Å²) in [6.07, 6.45) is -4.76. The lowest BCUT2D eigenvalue weighted by Gasteiger charge is -2.33. The molecule has 1 unspecified atom stereocenters. The fraction of sp³-hybridized carbons (Fsp3) is 0.462. The number of esters is 1. The van der Waals surface area contributed by atoms with Crippen molar-refractivity contribution in [2.45, 2.75) is 63.5 Å². The highest BCUT2D eigenvalue weighted by Gasteiger charge is 2.41. The minimum Gasteiger partial charge on any atom is -0.459 e. The molecule has 2 atom stereocenters. The molecule has 1 aromatic heterocycles. The minimum absolute atomic E-state index is 0.0523. The molecule has 38 heavy (non-hydrogen) atoms. The summed E-state index contributed by atoms with van der Waals surface area (Å²) in [5.74, 6) is -4.41. The zero-order valence-corrected chi connectivity index (χ0v) is 21.5. The molecule has 0 bridgehead atoms. The van der Waals surface area contributed by atoms with E-state index in [-0.39, 0.29) is 25.7 Å². The highest BCUT2D eigenvalue weighted by Crippen LogP contribution is 2.37. The number of ether oxygens (including phenoxy) is 2. The van der Waals surface area contributed by atoms with Gasteiger partial charge >= 0.3 is 24.2 Å². The number of alkyl halides is 5.